The zero-order valence-electron chi connectivity index (χ0n) is 17.9. The highest BCUT2D eigenvalue weighted by atomic mass is 35.5. The van der Waals surface area contributed by atoms with Gasteiger partial charge in [0, 0.05) is 24.2 Å². The molecule has 1 aliphatic heterocycles. The average molecular weight is 451 g/mol. The van der Waals surface area contributed by atoms with E-state index in [2.05, 4.69) is 30.6 Å². The number of epoxide rings is 1. The number of hydrogen-bond donors (Lipinski definition) is 3. The highest BCUT2D eigenvalue weighted by molar-refractivity contribution is 6.18. The van der Waals surface area contributed by atoms with Crippen LogP contribution in [0.1, 0.15) is 51.3 Å². The molecule has 10 nitrogen and oxygen atoms in total. The van der Waals surface area contributed by atoms with Gasteiger partial charge in [0.25, 0.3) is 0 Å². The lowest BCUT2D eigenvalue weighted by Gasteiger charge is -2.09. The summed E-state index contributed by atoms with van der Waals surface area (Å²) in [5.74, 6) is 0.109. The van der Waals surface area contributed by atoms with Gasteiger partial charge >= 0.3 is 0 Å². The fourth-order valence-corrected chi connectivity index (χ4v) is 2.20. The number of nitrogens with zero attached hydrogens (tertiary/aromatic N) is 4. The number of aromatic nitrogens is 4. The molecule has 0 spiro atoms. The van der Waals surface area contributed by atoms with Gasteiger partial charge in [-0.15, -0.1) is 11.6 Å². The molecule has 2 aromatic rings. The van der Waals surface area contributed by atoms with Crippen molar-refractivity contribution in [2.45, 2.75) is 39.9 Å². The Morgan fingerprint density at radius 1 is 1.06 bits per heavy atom. The summed E-state index contributed by atoms with van der Waals surface area (Å²) in [6.07, 6.45) is 2.33. The Morgan fingerprint density at radius 2 is 1.58 bits per heavy atom. The molecule has 2 aromatic heterocycles. The molecule has 168 valence electrons. The molecule has 11 heteroatoms. The Kier molecular flexibility index (Phi) is 9.22. The quantitative estimate of drug-likeness (QED) is 0.431. The summed E-state index contributed by atoms with van der Waals surface area (Å²) in [4.78, 5) is 38.8. The van der Waals surface area contributed by atoms with E-state index in [1.807, 2.05) is 13.8 Å². The van der Waals surface area contributed by atoms with Gasteiger partial charge in [-0.2, -0.15) is 0 Å². The van der Waals surface area contributed by atoms with Crippen LogP contribution in [0.15, 0.2) is 24.5 Å². The number of ether oxygens (including phenoxy) is 1. The predicted molar refractivity (Wildman–Crippen MR) is 115 cm³/mol. The first kappa shape index (κ1) is 24.6. The van der Waals surface area contributed by atoms with Crippen LogP contribution in [0.5, 0.6) is 0 Å². The van der Waals surface area contributed by atoms with Crippen LogP contribution in [0.25, 0.3) is 0 Å². The van der Waals surface area contributed by atoms with Crippen LogP contribution in [0.3, 0.4) is 0 Å². The van der Waals surface area contributed by atoms with Crippen molar-refractivity contribution in [1.29, 1.82) is 0 Å². The minimum absolute atomic E-state index is 0.0502. The molecule has 0 bridgehead atoms. The van der Waals surface area contributed by atoms with E-state index >= 15 is 0 Å². The standard InChI is InChI=1S/C10H14ClN3O2.C10H13N3O2/c1-6(2)9(16)14-10-12-4-3-7(13-10)8(15)5-11;1-6(2)9(14)13-10-11-4-3-7(12-10)8-5-15-8/h3-4,6,8,15H,5H2,1-2H3,(H,12,13,14,16);3-4,6,8H,5H2,1-2H3,(H,11,12,13,14)/t2*8-/m00/s1. The van der Waals surface area contributed by atoms with Crippen molar-refractivity contribution < 1.29 is 19.4 Å². The number of carbonyl (C=O) groups excluding carboxylic acids is 2. The SMILES string of the molecule is CC(C)C(=O)Nc1nccc([C@@H](O)CCl)n1.CC(C)C(=O)Nc1nccc([C@@H]2CO2)n1. The zero-order valence-corrected chi connectivity index (χ0v) is 18.6. The summed E-state index contributed by atoms with van der Waals surface area (Å²) < 4.78 is 5.10. The first-order chi connectivity index (χ1) is 14.7. The molecule has 3 heterocycles. The van der Waals surface area contributed by atoms with Crippen LogP contribution in [0.2, 0.25) is 0 Å². The van der Waals surface area contributed by atoms with E-state index in [9.17, 15) is 14.7 Å². The number of halogens is 1. The number of aliphatic hydroxyl groups excluding tert-OH is 1. The fraction of sp³-hybridized carbons (Fsp3) is 0.500. The van der Waals surface area contributed by atoms with Gasteiger partial charge in [0.15, 0.2) is 0 Å². The molecule has 1 aliphatic rings. The van der Waals surface area contributed by atoms with Gasteiger partial charge in [-0.05, 0) is 12.1 Å². The summed E-state index contributed by atoms with van der Waals surface area (Å²) in [5, 5.41) is 14.7. The molecule has 3 N–H and O–H groups in total. The highest BCUT2D eigenvalue weighted by Gasteiger charge is 2.26. The first-order valence-electron chi connectivity index (χ1n) is 9.84. The molecule has 0 radical (unpaired) electrons. The average Bonchev–Trinajstić information content (AvgIpc) is 3.59. The second-order valence-corrected chi connectivity index (χ2v) is 7.70. The summed E-state index contributed by atoms with van der Waals surface area (Å²) in [7, 11) is 0. The molecule has 2 atom stereocenters. The maximum absolute atomic E-state index is 11.4. The van der Waals surface area contributed by atoms with Gasteiger partial charge in [0.2, 0.25) is 23.7 Å². The van der Waals surface area contributed by atoms with E-state index in [1.165, 1.54) is 6.20 Å². The predicted octanol–water partition coefficient (Wildman–Crippen LogP) is 2.49. The first-order valence-corrected chi connectivity index (χ1v) is 10.4. The minimum atomic E-state index is -0.848. The fourth-order valence-electron chi connectivity index (χ4n) is 2.04. The molecular formula is C20H27ClN6O4. The van der Waals surface area contributed by atoms with E-state index in [-0.39, 0.29) is 41.6 Å². The van der Waals surface area contributed by atoms with Crippen molar-refractivity contribution in [3.8, 4) is 0 Å². The van der Waals surface area contributed by atoms with Crippen LogP contribution in [-0.2, 0) is 14.3 Å². The van der Waals surface area contributed by atoms with Crippen molar-refractivity contribution in [2.24, 2.45) is 11.8 Å². The number of hydrogen-bond acceptors (Lipinski definition) is 8. The van der Waals surface area contributed by atoms with Gasteiger partial charge in [0.05, 0.1) is 23.9 Å². The third kappa shape index (κ3) is 8.16. The molecule has 3 rings (SSSR count). The molecular weight excluding hydrogens is 424 g/mol. The molecule has 0 unspecified atom stereocenters. The number of nitrogens with one attached hydrogen (secondary N) is 2. The summed E-state index contributed by atoms with van der Waals surface area (Å²) in [6.45, 7) is 7.89. The number of rotatable bonds is 7. The number of amides is 2. The Hall–Kier alpha value is -2.69. The lowest BCUT2D eigenvalue weighted by atomic mass is 10.2. The lowest BCUT2D eigenvalue weighted by Crippen LogP contribution is -2.20. The topological polar surface area (TPSA) is 143 Å². The third-order valence-electron chi connectivity index (χ3n) is 4.02. The number of alkyl halides is 1. The molecule has 0 aliphatic carbocycles. The van der Waals surface area contributed by atoms with E-state index < -0.39 is 6.10 Å². The van der Waals surface area contributed by atoms with Crippen molar-refractivity contribution in [1.82, 2.24) is 19.9 Å². The third-order valence-corrected chi connectivity index (χ3v) is 4.32. The number of anilines is 2. The van der Waals surface area contributed by atoms with Gasteiger partial charge in [-0.1, -0.05) is 27.7 Å². The molecule has 1 fully saturated rings. The highest BCUT2D eigenvalue weighted by Crippen LogP contribution is 2.28. The monoisotopic (exact) mass is 450 g/mol. The molecule has 0 saturated carbocycles. The van der Waals surface area contributed by atoms with E-state index in [0.717, 1.165) is 5.69 Å². The van der Waals surface area contributed by atoms with Crippen LogP contribution in [0, 0.1) is 11.8 Å². The van der Waals surface area contributed by atoms with Gasteiger partial charge < -0.3 is 9.84 Å². The lowest BCUT2D eigenvalue weighted by molar-refractivity contribution is -0.119. The summed E-state index contributed by atoms with van der Waals surface area (Å²) in [6, 6.07) is 3.35. The minimum Gasteiger partial charge on any atom is -0.386 e. The van der Waals surface area contributed by atoms with E-state index in [0.29, 0.717) is 18.2 Å². The Morgan fingerprint density at radius 3 is 2.06 bits per heavy atom. The Balaban J connectivity index is 0.000000220. The normalized spacial score (nSPS) is 15.7. The van der Waals surface area contributed by atoms with Gasteiger partial charge in [-0.25, -0.2) is 19.9 Å². The Labute approximate surface area is 185 Å². The maximum atomic E-state index is 11.4. The van der Waals surface area contributed by atoms with Crippen molar-refractivity contribution in [3.05, 3.63) is 35.9 Å². The number of aliphatic hydroxyl groups is 1. The van der Waals surface area contributed by atoms with Crippen molar-refractivity contribution in [2.75, 3.05) is 23.1 Å². The molecule has 1 saturated heterocycles. The molecule has 31 heavy (non-hydrogen) atoms. The van der Waals surface area contributed by atoms with E-state index in [1.54, 1.807) is 32.2 Å². The smallest absolute Gasteiger partial charge is 0.229 e. The Bertz CT molecular complexity index is 891. The van der Waals surface area contributed by atoms with Crippen molar-refractivity contribution >= 4 is 35.3 Å². The van der Waals surface area contributed by atoms with Crippen molar-refractivity contribution in [3.63, 3.8) is 0 Å². The van der Waals surface area contributed by atoms with Gasteiger partial charge in [-0.3, -0.25) is 20.2 Å². The largest absolute Gasteiger partial charge is 0.386 e. The maximum Gasteiger partial charge on any atom is 0.229 e. The second kappa shape index (κ2) is 11.6. The van der Waals surface area contributed by atoms with Gasteiger partial charge in [0.1, 0.15) is 12.2 Å². The number of carbonyl (C=O) groups is 2. The van der Waals surface area contributed by atoms with Crippen LogP contribution in [-0.4, -0.2) is 49.3 Å². The summed E-state index contributed by atoms with van der Waals surface area (Å²) >= 11 is 5.50. The molecule has 0 aromatic carbocycles. The van der Waals surface area contributed by atoms with Crippen LogP contribution < -0.4 is 10.6 Å². The second-order valence-electron chi connectivity index (χ2n) is 7.39. The van der Waals surface area contributed by atoms with Crippen LogP contribution >= 0.6 is 11.6 Å². The van der Waals surface area contributed by atoms with E-state index in [4.69, 9.17) is 16.3 Å². The van der Waals surface area contributed by atoms with Crippen LogP contribution in [0.4, 0.5) is 11.9 Å². The zero-order chi connectivity index (χ0) is 23.0. The summed E-state index contributed by atoms with van der Waals surface area (Å²) in [5.41, 5.74) is 1.22. The molecule has 2 amide bonds.